The van der Waals surface area contributed by atoms with Gasteiger partial charge in [-0.1, -0.05) is 41.5 Å². The number of hydrogen-bond acceptors (Lipinski definition) is 5. The van der Waals surface area contributed by atoms with Gasteiger partial charge in [-0.2, -0.15) is 0 Å². The van der Waals surface area contributed by atoms with Crippen LogP contribution in [0.15, 0.2) is 12.1 Å². The predicted molar refractivity (Wildman–Crippen MR) is 120 cm³/mol. The van der Waals surface area contributed by atoms with Crippen LogP contribution in [0.25, 0.3) is 0 Å². The van der Waals surface area contributed by atoms with E-state index in [9.17, 15) is 9.36 Å². The van der Waals surface area contributed by atoms with Crippen molar-refractivity contribution in [3.63, 3.8) is 0 Å². The monoisotopic (exact) mass is 426 g/mol. The van der Waals surface area contributed by atoms with Crippen molar-refractivity contribution in [1.29, 1.82) is 0 Å². The molecule has 0 amide bonds. The second kappa shape index (κ2) is 8.91. The molecule has 0 saturated carbocycles. The summed E-state index contributed by atoms with van der Waals surface area (Å²) in [6.07, 6.45) is 0. The maximum atomic E-state index is 13.6. The molecular formula is C23H39O5P. The third-order valence-corrected chi connectivity index (χ3v) is 7.78. The standard InChI is InChI=1S/C23H39O5P/c1-12-27-29(25,28-13-2)23(9,10)20(24)16-14-17(21(3,4)5)19(26-11)18(15-16)22(6,7)8/h14-15H,12-13H2,1-11H3. The smallest absolute Gasteiger partial charge is 0.343 e. The molecule has 1 rings (SSSR count). The van der Waals surface area contributed by atoms with E-state index < -0.39 is 12.8 Å². The van der Waals surface area contributed by atoms with Crippen molar-refractivity contribution in [2.24, 2.45) is 0 Å². The molecule has 0 heterocycles. The SMILES string of the molecule is CCOP(=O)(OCC)C(C)(C)C(=O)c1cc(C(C)(C)C)c(OC)c(C(C)(C)C)c1. The number of Topliss-reactive ketones (excluding diaryl/α,β-unsaturated/α-hetero) is 1. The summed E-state index contributed by atoms with van der Waals surface area (Å²) in [6.45, 7) is 19.7. The van der Waals surface area contributed by atoms with Gasteiger partial charge in [-0.25, -0.2) is 0 Å². The molecule has 0 radical (unpaired) electrons. The summed E-state index contributed by atoms with van der Waals surface area (Å²) in [5.74, 6) is 0.526. The normalized spacial score (nSPS) is 13.5. The number of carbonyl (C=O) groups is 1. The summed E-state index contributed by atoms with van der Waals surface area (Å²) >= 11 is 0. The highest BCUT2D eigenvalue weighted by Crippen LogP contribution is 2.61. The summed E-state index contributed by atoms with van der Waals surface area (Å²) in [4.78, 5) is 13.6. The molecule has 5 nitrogen and oxygen atoms in total. The number of carbonyl (C=O) groups excluding carboxylic acids is 1. The first kappa shape index (κ1) is 25.9. The highest BCUT2D eigenvalue weighted by Gasteiger charge is 2.49. The Morgan fingerprint density at radius 3 is 1.52 bits per heavy atom. The summed E-state index contributed by atoms with van der Waals surface area (Å²) in [6, 6.07) is 3.72. The van der Waals surface area contributed by atoms with Crippen molar-refractivity contribution in [2.45, 2.75) is 85.2 Å². The number of ether oxygens (including phenoxy) is 1. The van der Waals surface area contributed by atoms with Crippen LogP contribution in [-0.2, 0) is 24.4 Å². The minimum Gasteiger partial charge on any atom is -0.496 e. The van der Waals surface area contributed by atoms with E-state index in [0.717, 1.165) is 16.9 Å². The van der Waals surface area contributed by atoms with E-state index in [1.807, 2.05) is 12.1 Å². The van der Waals surface area contributed by atoms with Gasteiger partial charge >= 0.3 is 7.60 Å². The average molecular weight is 427 g/mol. The molecular weight excluding hydrogens is 387 g/mol. The second-order valence-corrected chi connectivity index (χ2v) is 12.5. The van der Waals surface area contributed by atoms with Crippen LogP contribution in [0.1, 0.15) is 90.7 Å². The Kier molecular flexibility index (Phi) is 7.95. The van der Waals surface area contributed by atoms with Crippen molar-refractivity contribution in [3.8, 4) is 5.75 Å². The summed E-state index contributed by atoms with van der Waals surface area (Å²) < 4.78 is 30.2. The summed E-state index contributed by atoms with van der Waals surface area (Å²) in [5.41, 5.74) is 1.89. The Morgan fingerprint density at radius 2 is 1.24 bits per heavy atom. The number of hydrogen-bond donors (Lipinski definition) is 0. The van der Waals surface area contributed by atoms with E-state index in [-0.39, 0.29) is 29.8 Å². The molecule has 0 saturated heterocycles. The van der Waals surface area contributed by atoms with Gasteiger partial charge in [-0.3, -0.25) is 9.36 Å². The molecule has 29 heavy (non-hydrogen) atoms. The summed E-state index contributed by atoms with van der Waals surface area (Å²) in [5, 5.41) is -1.32. The molecule has 0 atom stereocenters. The van der Waals surface area contributed by atoms with Crippen molar-refractivity contribution >= 4 is 13.4 Å². The lowest BCUT2D eigenvalue weighted by Gasteiger charge is -2.33. The lowest BCUT2D eigenvalue weighted by atomic mass is 9.77. The third kappa shape index (κ3) is 5.31. The zero-order valence-electron chi connectivity index (χ0n) is 20.1. The fourth-order valence-corrected chi connectivity index (χ4v) is 5.05. The van der Waals surface area contributed by atoms with Gasteiger partial charge in [0.15, 0.2) is 5.78 Å². The Labute approximate surface area is 177 Å². The van der Waals surface area contributed by atoms with Crippen LogP contribution in [0.4, 0.5) is 0 Å². The van der Waals surface area contributed by atoms with Gasteiger partial charge in [0.2, 0.25) is 0 Å². The Bertz CT molecular complexity index is 736. The topological polar surface area (TPSA) is 61.8 Å². The van der Waals surface area contributed by atoms with Crippen molar-refractivity contribution in [2.75, 3.05) is 20.3 Å². The van der Waals surface area contributed by atoms with Crippen LogP contribution in [0.2, 0.25) is 0 Å². The molecule has 0 N–H and O–H groups in total. The van der Waals surface area contributed by atoms with Gasteiger partial charge in [-0.15, -0.1) is 0 Å². The number of rotatable bonds is 8. The van der Waals surface area contributed by atoms with E-state index >= 15 is 0 Å². The maximum absolute atomic E-state index is 13.6. The van der Waals surface area contributed by atoms with E-state index in [4.69, 9.17) is 13.8 Å². The van der Waals surface area contributed by atoms with Crippen molar-refractivity contribution < 1.29 is 23.1 Å². The van der Waals surface area contributed by atoms with Gasteiger partial charge in [-0.05, 0) is 50.7 Å². The first-order chi connectivity index (χ1) is 13.1. The van der Waals surface area contributed by atoms with E-state index in [0.29, 0.717) is 5.56 Å². The number of methoxy groups -OCH3 is 1. The van der Waals surface area contributed by atoms with Crippen LogP contribution in [0, 0.1) is 0 Å². The van der Waals surface area contributed by atoms with Gasteiger partial charge in [0.05, 0.1) is 20.3 Å². The van der Waals surface area contributed by atoms with Crippen molar-refractivity contribution in [3.05, 3.63) is 28.8 Å². The van der Waals surface area contributed by atoms with Crippen LogP contribution >= 0.6 is 7.60 Å². The molecule has 0 fully saturated rings. The Balaban J connectivity index is 3.77. The minimum atomic E-state index is -3.66. The highest BCUT2D eigenvalue weighted by molar-refractivity contribution is 7.56. The van der Waals surface area contributed by atoms with Gasteiger partial charge in [0.25, 0.3) is 0 Å². The Hall–Kier alpha value is -1.16. The zero-order valence-corrected chi connectivity index (χ0v) is 21.0. The number of ketones is 1. The van der Waals surface area contributed by atoms with Crippen molar-refractivity contribution in [1.82, 2.24) is 0 Å². The molecule has 6 heteroatoms. The van der Waals surface area contributed by atoms with Gasteiger partial charge in [0, 0.05) is 16.7 Å². The molecule has 0 unspecified atom stereocenters. The number of benzene rings is 1. The fraction of sp³-hybridized carbons (Fsp3) is 0.696. The minimum absolute atomic E-state index is 0.205. The average Bonchev–Trinajstić information content (AvgIpc) is 2.58. The molecule has 0 bridgehead atoms. The summed E-state index contributed by atoms with van der Waals surface area (Å²) in [7, 11) is -2.00. The third-order valence-electron chi connectivity index (χ3n) is 5.01. The molecule has 1 aromatic rings. The first-order valence-corrected chi connectivity index (χ1v) is 11.8. The van der Waals surface area contributed by atoms with E-state index in [2.05, 4.69) is 41.5 Å². The Morgan fingerprint density at radius 1 is 0.862 bits per heavy atom. The van der Waals surface area contributed by atoms with Crippen LogP contribution in [0.5, 0.6) is 5.75 Å². The lowest BCUT2D eigenvalue weighted by Crippen LogP contribution is -2.34. The molecule has 0 aliphatic heterocycles. The lowest BCUT2D eigenvalue weighted by molar-refractivity contribution is 0.0922. The fourth-order valence-electron chi connectivity index (χ4n) is 3.27. The van der Waals surface area contributed by atoms with Crippen LogP contribution < -0.4 is 4.74 Å². The van der Waals surface area contributed by atoms with E-state index in [1.165, 1.54) is 0 Å². The molecule has 0 spiro atoms. The highest BCUT2D eigenvalue weighted by atomic mass is 31.2. The molecule has 0 aliphatic rings. The quantitative estimate of drug-likeness (QED) is 0.350. The molecule has 1 aromatic carbocycles. The largest absolute Gasteiger partial charge is 0.496 e. The van der Waals surface area contributed by atoms with E-state index in [1.54, 1.807) is 34.8 Å². The van der Waals surface area contributed by atoms with Crippen LogP contribution in [0.3, 0.4) is 0 Å². The molecule has 0 aliphatic carbocycles. The van der Waals surface area contributed by atoms with Gasteiger partial charge in [0.1, 0.15) is 10.9 Å². The maximum Gasteiger partial charge on any atom is 0.343 e. The van der Waals surface area contributed by atoms with Crippen LogP contribution in [-0.4, -0.2) is 31.3 Å². The van der Waals surface area contributed by atoms with Gasteiger partial charge < -0.3 is 13.8 Å². The molecule has 166 valence electrons. The predicted octanol–water partition coefficient (Wildman–Crippen LogP) is 6.52. The molecule has 0 aromatic heterocycles. The second-order valence-electron chi connectivity index (χ2n) is 9.83. The zero-order chi connectivity index (χ0) is 22.8. The first-order valence-electron chi connectivity index (χ1n) is 10.2.